The Kier molecular flexibility index (Phi) is 3.48. The van der Waals surface area contributed by atoms with Crippen LogP contribution in [0.5, 0.6) is 0 Å². The average molecular weight is 258 g/mol. The molecule has 0 spiro atoms. The zero-order valence-corrected chi connectivity index (χ0v) is 9.80. The maximum atomic E-state index is 13.0. The van der Waals surface area contributed by atoms with E-state index in [0.717, 1.165) is 0 Å². The van der Waals surface area contributed by atoms with Crippen molar-refractivity contribution in [3.63, 3.8) is 0 Å². The third-order valence-corrected chi connectivity index (χ3v) is 3.10. The summed E-state index contributed by atoms with van der Waals surface area (Å²) in [5.74, 6) is -0.317. The summed E-state index contributed by atoms with van der Waals surface area (Å²) in [5, 5.41) is 6.16. The van der Waals surface area contributed by atoms with Gasteiger partial charge in [-0.25, -0.2) is 4.39 Å². The van der Waals surface area contributed by atoms with Crippen LogP contribution in [0.15, 0.2) is 23.6 Å². The number of hydrogen-bond acceptors (Lipinski definition) is 4. The van der Waals surface area contributed by atoms with Crippen LogP contribution in [0.1, 0.15) is 17.3 Å². The molecule has 1 atom stereocenters. The lowest BCUT2D eigenvalue weighted by molar-refractivity contribution is 0.620. The van der Waals surface area contributed by atoms with E-state index in [2.05, 4.69) is 9.59 Å². The molecule has 0 saturated carbocycles. The third-order valence-electron chi connectivity index (χ3n) is 2.20. The number of rotatable bonds is 3. The van der Waals surface area contributed by atoms with Crippen molar-refractivity contribution >= 4 is 23.1 Å². The molecule has 0 aliphatic carbocycles. The van der Waals surface area contributed by atoms with Gasteiger partial charge in [-0.2, -0.15) is 0 Å². The van der Waals surface area contributed by atoms with Gasteiger partial charge in [0.15, 0.2) is 0 Å². The summed E-state index contributed by atoms with van der Waals surface area (Å²) in [7, 11) is 0. The summed E-state index contributed by atoms with van der Waals surface area (Å²) in [5.41, 5.74) is 7.30. The minimum Gasteiger partial charge on any atom is -0.322 e. The van der Waals surface area contributed by atoms with Crippen molar-refractivity contribution in [3.05, 3.63) is 45.7 Å². The Balaban J connectivity index is 2.17. The highest BCUT2D eigenvalue weighted by molar-refractivity contribution is 7.03. The van der Waals surface area contributed by atoms with Gasteiger partial charge >= 0.3 is 0 Å². The minimum absolute atomic E-state index is 0.307. The molecule has 0 aliphatic heterocycles. The van der Waals surface area contributed by atoms with Crippen molar-refractivity contribution in [2.45, 2.75) is 12.5 Å². The van der Waals surface area contributed by atoms with Crippen molar-refractivity contribution in [2.24, 2.45) is 5.73 Å². The van der Waals surface area contributed by atoms with Gasteiger partial charge in [0.25, 0.3) is 0 Å². The summed E-state index contributed by atoms with van der Waals surface area (Å²) in [4.78, 5) is 0. The highest BCUT2D eigenvalue weighted by Crippen LogP contribution is 2.22. The quantitative estimate of drug-likeness (QED) is 0.920. The number of nitrogens with two attached hydrogens (primary N) is 1. The molecular weight excluding hydrogens is 249 g/mol. The monoisotopic (exact) mass is 257 g/mol. The average Bonchev–Trinajstić information content (AvgIpc) is 2.76. The lowest BCUT2D eigenvalue weighted by atomic mass is 10.0. The Bertz CT molecular complexity index is 475. The van der Waals surface area contributed by atoms with Crippen molar-refractivity contribution in [3.8, 4) is 0 Å². The first kappa shape index (κ1) is 11.4. The van der Waals surface area contributed by atoms with Crippen LogP contribution in [0.2, 0.25) is 5.02 Å². The van der Waals surface area contributed by atoms with Gasteiger partial charge < -0.3 is 5.73 Å². The van der Waals surface area contributed by atoms with Crippen LogP contribution in [-0.4, -0.2) is 9.59 Å². The molecule has 1 aromatic heterocycles. The summed E-state index contributed by atoms with van der Waals surface area (Å²) in [6, 6.07) is 3.93. The van der Waals surface area contributed by atoms with E-state index in [-0.39, 0.29) is 11.9 Å². The van der Waals surface area contributed by atoms with E-state index in [9.17, 15) is 4.39 Å². The van der Waals surface area contributed by atoms with Gasteiger partial charge in [-0.3, -0.25) is 0 Å². The number of nitrogens with zero attached hydrogens (tertiary/aromatic N) is 2. The number of hydrogen-bond donors (Lipinski definition) is 1. The zero-order valence-electron chi connectivity index (χ0n) is 8.23. The fourth-order valence-electron chi connectivity index (χ4n) is 1.37. The fraction of sp³-hybridized carbons (Fsp3) is 0.200. The third kappa shape index (κ3) is 2.55. The fourth-order valence-corrected chi connectivity index (χ4v) is 2.09. The zero-order chi connectivity index (χ0) is 11.5. The van der Waals surface area contributed by atoms with Crippen molar-refractivity contribution in [1.82, 2.24) is 9.59 Å². The molecule has 0 amide bonds. The second-order valence-corrected chi connectivity index (χ2v) is 4.39. The molecule has 2 aromatic rings. The molecule has 1 unspecified atom stereocenters. The molecule has 0 aliphatic rings. The molecule has 0 bridgehead atoms. The van der Waals surface area contributed by atoms with Gasteiger partial charge in [0.2, 0.25) is 0 Å². The maximum Gasteiger partial charge on any atom is 0.123 e. The molecule has 1 heterocycles. The van der Waals surface area contributed by atoms with Crippen LogP contribution in [0.25, 0.3) is 0 Å². The molecule has 0 radical (unpaired) electrons. The Morgan fingerprint density at radius 1 is 1.50 bits per heavy atom. The molecule has 1 aromatic carbocycles. The number of aromatic nitrogens is 2. The minimum atomic E-state index is -0.317. The first-order valence-corrected chi connectivity index (χ1v) is 5.84. The van der Waals surface area contributed by atoms with Crippen LogP contribution in [-0.2, 0) is 6.42 Å². The van der Waals surface area contributed by atoms with E-state index in [4.69, 9.17) is 17.3 Å². The van der Waals surface area contributed by atoms with Gasteiger partial charge in [0.05, 0.1) is 11.7 Å². The Morgan fingerprint density at radius 3 is 3.00 bits per heavy atom. The molecule has 0 saturated heterocycles. The summed E-state index contributed by atoms with van der Waals surface area (Å²) in [6.45, 7) is 0. The number of halogens is 2. The van der Waals surface area contributed by atoms with E-state index in [1.807, 2.05) is 0 Å². The second kappa shape index (κ2) is 4.86. The van der Waals surface area contributed by atoms with Crippen LogP contribution in [0.3, 0.4) is 0 Å². The van der Waals surface area contributed by atoms with Gasteiger partial charge in [-0.05, 0) is 41.7 Å². The summed E-state index contributed by atoms with van der Waals surface area (Å²) >= 11 is 7.18. The van der Waals surface area contributed by atoms with E-state index in [1.165, 1.54) is 29.7 Å². The van der Waals surface area contributed by atoms with Crippen LogP contribution in [0.4, 0.5) is 4.39 Å². The molecule has 84 valence electrons. The van der Waals surface area contributed by atoms with Gasteiger partial charge in [-0.15, -0.1) is 5.10 Å². The predicted molar refractivity (Wildman–Crippen MR) is 62.0 cm³/mol. The topological polar surface area (TPSA) is 51.8 Å². The number of benzene rings is 1. The van der Waals surface area contributed by atoms with Gasteiger partial charge in [0, 0.05) is 10.4 Å². The lowest BCUT2D eigenvalue weighted by Crippen LogP contribution is -2.14. The Morgan fingerprint density at radius 2 is 2.31 bits per heavy atom. The lowest BCUT2D eigenvalue weighted by Gasteiger charge is -2.09. The van der Waals surface area contributed by atoms with Crippen LogP contribution < -0.4 is 5.73 Å². The SMILES string of the molecule is NC(Cc1cc(F)ccc1Cl)c1csnn1. The first-order chi connectivity index (χ1) is 7.66. The van der Waals surface area contributed by atoms with Crippen LogP contribution >= 0.6 is 23.1 Å². The summed E-state index contributed by atoms with van der Waals surface area (Å²) in [6.07, 6.45) is 0.446. The standard InChI is InChI=1S/C10H9ClFN3S/c11-8-2-1-7(12)3-6(8)4-9(13)10-5-16-15-14-10/h1-3,5,9H,4,13H2. The highest BCUT2D eigenvalue weighted by atomic mass is 35.5. The van der Waals surface area contributed by atoms with E-state index >= 15 is 0 Å². The van der Waals surface area contributed by atoms with Gasteiger partial charge in [0.1, 0.15) is 5.82 Å². The molecule has 16 heavy (non-hydrogen) atoms. The van der Waals surface area contributed by atoms with E-state index < -0.39 is 0 Å². The molecule has 2 N–H and O–H groups in total. The second-order valence-electron chi connectivity index (χ2n) is 3.38. The Hall–Kier alpha value is -1.04. The summed E-state index contributed by atoms with van der Waals surface area (Å²) < 4.78 is 16.7. The Labute approximate surface area is 101 Å². The van der Waals surface area contributed by atoms with Crippen LogP contribution in [0, 0.1) is 5.82 Å². The first-order valence-electron chi connectivity index (χ1n) is 4.63. The molecule has 0 fully saturated rings. The van der Waals surface area contributed by atoms with Crippen molar-refractivity contribution in [2.75, 3.05) is 0 Å². The predicted octanol–water partition coefficient (Wildman–Crippen LogP) is 2.57. The smallest absolute Gasteiger partial charge is 0.123 e. The molecule has 6 heteroatoms. The highest BCUT2D eigenvalue weighted by Gasteiger charge is 2.12. The van der Waals surface area contributed by atoms with Crippen molar-refractivity contribution < 1.29 is 4.39 Å². The molecule has 3 nitrogen and oxygen atoms in total. The van der Waals surface area contributed by atoms with E-state index in [0.29, 0.717) is 22.7 Å². The van der Waals surface area contributed by atoms with Gasteiger partial charge in [-0.1, -0.05) is 16.1 Å². The maximum absolute atomic E-state index is 13.0. The largest absolute Gasteiger partial charge is 0.322 e. The van der Waals surface area contributed by atoms with Crippen molar-refractivity contribution in [1.29, 1.82) is 0 Å². The molecular formula is C10H9ClFN3S. The van der Waals surface area contributed by atoms with E-state index in [1.54, 1.807) is 5.38 Å². The molecule has 2 rings (SSSR count). The normalized spacial score (nSPS) is 12.7.